The highest BCUT2D eigenvalue weighted by molar-refractivity contribution is 5.46. The Morgan fingerprint density at radius 3 is 2.76 bits per heavy atom. The van der Waals surface area contributed by atoms with E-state index in [2.05, 4.69) is 17.6 Å². The van der Waals surface area contributed by atoms with Crippen molar-refractivity contribution < 1.29 is 5.11 Å². The van der Waals surface area contributed by atoms with Crippen LogP contribution >= 0.6 is 0 Å². The lowest BCUT2D eigenvalue weighted by molar-refractivity contribution is 0.371. The highest BCUT2D eigenvalue weighted by Crippen LogP contribution is 2.17. The van der Waals surface area contributed by atoms with Gasteiger partial charge in [0.15, 0.2) is 0 Å². The zero-order valence-electron chi connectivity index (χ0n) is 10.4. The minimum absolute atomic E-state index is 0.317. The van der Waals surface area contributed by atoms with E-state index in [-0.39, 0.29) is 0 Å². The second-order valence-corrected chi connectivity index (χ2v) is 4.97. The van der Waals surface area contributed by atoms with E-state index < -0.39 is 0 Å². The van der Waals surface area contributed by atoms with Gasteiger partial charge < -0.3 is 15.7 Å². The Morgan fingerprint density at radius 2 is 2.12 bits per heavy atom. The molecule has 94 valence electrons. The van der Waals surface area contributed by atoms with Crippen LogP contribution in [0.25, 0.3) is 0 Å². The number of nitrogens with one attached hydrogen (secondary N) is 2. The van der Waals surface area contributed by atoms with Crippen LogP contribution in [-0.2, 0) is 0 Å². The third kappa shape index (κ3) is 3.93. The predicted molar refractivity (Wildman–Crippen MR) is 71.5 cm³/mol. The van der Waals surface area contributed by atoms with E-state index in [4.69, 9.17) is 0 Å². The zero-order valence-corrected chi connectivity index (χ0v) is 10.4. The molecule has 2 atom stereocenters. The Balaban J connectivity index is 1.79. The van der Waals surface area contributed by atoms with Crippen molar-refractivity contribution in [2.75, 3.05) is 11.9 Å². The fraction of sp³-hybridized carbons (Fsp3) is 0.571. The predicted octanol–water partition coefficient (Wildman–Crippen LogP) is 2.72. The van der Waals surface area contributed by atoms with Gasteiger partial charge in [-0.15, -0.1) is 0 Å². The molecule has 0 bridgehead atoms. The molecule has 1 aliphatic heterocycles. The first-order valence-electron chi connectivity index (χ1n) is 6.53. The molecule has 3 heteroatoms. The Morgan fingerprint density at radius 1 is 1.35 bits per heavy atom. The van der Waals surface area contributed by atoms with Crippen molar-refractivity contribution in [3.8, 4) is 5.75 Å². The molecule has 1 aliphatic rings. The van der Waals surface area contributed by atoms with Crippen molar-refractivity contribution in [2.45, 2.75) is 44.7 Å². The second-order valence-electron chi connectivity index (χ2n) is 4.97. The first-order chi connectivity index (χ1) is 8.24. The van der Waals surface area contributed by atoms with E-state index in [1.165, 1.54) is 19.3 Å². The van der Waals surface area contributed by atoms with E-state index in [1.807, 2.05) is 12.1 Å². The van der Waals surface area contributed by atoms with Gasteiger partial charge in [0.1, 0.15) is 5.75 Å². The maximum absolute atomic E-state index is 9.21. The fourth-order valence-corrected chi connectivity index (χ4v) is 2.45. The Hall–Kier alpha value is -1.22. The summed E-state index contributed by atoms with van der Waals surface area (Å²) in [6.45, 7) is 3.37. The topological polar surface area (TPSA) is 44.3 Å². The van der Waals surface area contributed by atoms with Crippen LogP contribution in [0, 0.1) is 0 Å². The first kappa shape index (κ1) is 12.2. The summed E-state index contributed by atoms with van der Waals surface area (Å²) < 4.78 is 0. The smallest absolute Gasteiger partial charge is 0.115 e. The monoisotopic (exact) mass is 234 g/mol. The number of rotatable bonds is 4. The quantitative estimate of drug-likeness (QED) is 0.702. The molecular weight excluding hydrogens is 212 g/mol. The van der Waals surface area contributed by atoms with Crippen molar-refractivity contribution in [3.63, 3.8) is 0 Å². The third-order valence-corrected chi connectivity index (χ3v) is 3.33. The Kier molecular flexibility index (Phi) is 4.26. The summed E-state index contributed by atoms with van der Waals surface area (Å²) in [5, 5.41) is 16.2. The summed E-state index contributed by atoms with van der Waals surface area (Å²) in [6.07, 6.45) is 5.11. The highest BCUT2D eigenvalue weighted by Gasteiger charge is 2.15. The normalized spacial score (nSPS) is 22.1. The molecule has 0 radical (unpaired) electrons. The summed E-state index contributed by atoms with van der Waals surface area (Å²) in [7, 11) is 0. The molecule has 1 aromatic carbocycles. The first-order valence-corrected chi connectivity index (χ1v) is 6.53. The maximum atomic E-state index is 9.21. The van der Waals surface area contributed by atoms with Gasteiger partial charge >= 0.3 is 0 Å². The molecule has 1 fully saturated rings. The molecule has 2 unspecified atom stereocenters. The van der Waals surface area contributed by atoms with Gasteiger partial charge in [-0.05, 0) is 57.0 Å². The summed E-state index contributed by atoms with van der Waals surface area (Å²) in [6, 6.07) is 8.38. The van der Waals surface area contributed by atoms with E-state index in [0.717, 1.165) is 18.7 Å². The van der Waals surface area contributed by atoms with Crippen LogP contribution in [0.15, 0.2) is 24.3 Å². The molecule has 3 nitrogen and oxygen atoms in total. The van der Waals surface area contributed by atoms with Gasteiger partial charge in [-0.2, -0.15) is 0 Å². The molecule has 3 N–H and O–H groups in total. The van der Waals surface area contributed by atoms with Crippen molar-refractivity contribution in [1.82, 2.24) is 5.32 Å². The number of piperidine rings is 1. The Labute approximate surface area is 103 Å². The lowest BCUT2D eigenvalue weighted by Crippen LogP contribution is -2.37. The van der Waals surface area contributed by atoms with Gasteiger partial charge in [0, 0.05) is 17.8 Å². The van der Waals surface area contributed by atoms with Crippen LogP contribution in [0.4, 0.5) is 5.69 Å². The fourth-order valence-electron chi connectivity index (χ4n) is 2.45. The number of aromatic hydroxyl groups is 1. The van der Waals surface area contributed by atoms with Gasteiger partial charge in [-0.3, -0.25) is 0 Å². The lowest BCUT2D eigenvalue weighted by Gasteiger charge is -2.27. The van der Waals surface area contributed by atoms with Crippen LogP contribution in [0.3, 0.4) is 0 Å². The molecule has 0 saturated carbocycles. The van der Waals surface area contributed by atoms with Crippen molar-refractivity contribution in [1.29, 1.82) is 0 Å². The maximum Gasteiger partial charge on any atom is 0.115 e. The molecule has 1 saturated heterocycles. The van der Waals surface area contributed by atoms with Gasteiger partial charge in [0.25, 0.3) is 0 Å². The number of anilines is 1. The minimum Gasteiger partial charge on any atom is -0.508 e. The molecular formula is C14H22N2O. The van der Waals surface area contributed by atoms with Crippen LogP contribution in [0.1, 0.15) is 32.6 Å². The number of benzene rings is 1. The van der Waals surface area contributed by atoms with E-state index in [9.17, 15) is 5.11 Å². The SMILES string of the molecule is CC(CC1CCCCN1)Nc1ccc(O)cc1. The largest absolute Gasteiger partial charge is 0.508 e. The van der Waals surface area contributed by atoms with Crippen molar-refractivity contribution in [3.05, 3.63) is 24.3 Å². The summed E-state index contributed by atoms with van der Waals surface area (Å²) in [5.41, 5.74) is 1.08. The molecule has 2 rings (SSSR count). The zero-order chi connectivity index (χ0) is 12.1. The third-order valence-electron chi connectivity index (χ3n) is 3.33. The van der Waals surface area contributed by atoms with E-state index in [0.29, 0.717) is 17.8 Å². The molecule has 0 spiro atoms. The van der Waals surface area contributed by atoms with Crippen LogP contribution in [0.2, 0.25) is 0 Å². The summed E-state index contributed by atoms with van der Waals surface area (Å²) >= 11 is 0. The van der Waals surface area contributed by atoms with E-state index in [1.54, 1.807) is 12.1 Å². The highest BCUT2D eigenvalue weighted by atomic mass is 16.3. The van der Waals surface area contributed by atoms with Crippen molar-refractivity contribution >= 4 is 5.69 Å². The minimum atomic E-state index is 0.317. The number of hydrogen-bond donors (Lipinski definition) is 3. The molecule has 1 aromatic rings. The van der Waals surface area contributed by atoms with Gasteiger partial charge in [-0.1, -0.05) is 6.42 Å². The second kappa shape index (κ2) is 5.92. The van der Waals surface area contributed by atoms with Crippen molar-refractivity contribution in [2.24, 2.45) is 0 Å². The van der Waals surface area contributed by atoms with Crippen LogP contribution in [-0.4, -0.2) is 23.7 Å². The molecule has 0 amide bonds. The number of hydrogen-bond acceptors (Lipinski definition) is 3. The average molecular weight is 234 g/mol. The standard InChI is InChI=1S/C14H22N2O/c1-11(10-13-4-2-3-9-15-13)16-12-5-7-14(17)8-6-12/h5-8,11,13,15-17H,2-4,9-10H2,1H3. The van der Waals surface area contributed by atoms with Crippen LogP contribution < -0.4 is 10.6 Å². The van der Waals surface area contributed by atoms with Gasteiger partial charge in [0.2, 0.25) is 0 Å². The number of phenols is 1. The molecule has 17 heavy (non-hydrogen) atoms. The van der Waals surface area contributed by atoms with E-state index >= 15 is 0 Å². The Bertz CT molecular complexity index is 331. The average Bonchev–Trinajstić information content (AvgIpc) is 2.33. The van der Waals surface area contributed by atoms with Gasteiger partial charge in [-0.25, -0.2) is 0 Å². The molecule has 0 aromatic heterocycles. The summed E-state index contributed by atoms with van der Waals surface area (Å²) in [5.74, 6) is 0.317. The summed E-state index contributed by atoms with van der Waals surface area (Å²) in [4.78, 5) is 0. The molecule has 1 heterocycles. The van der Waals surface area contributed by atoms with Crippen LogP contribution in [0.5, 0.6) is 5.75 Å². The number of phenolic OH excluding ortho intramolecular Hbond substituents is 1. The molecule has 0 aliphatic carbocycles. The lowest BCUT2D eigenvalue weighted by atomic mass is 9.99. The van der Waals surface area contributed by atoms with Gasteiger partial charge in [0.05, 0.1) is 0 Å².